The molecule has 0 aliphatic heterocycles. The van der Waals surface area contributed by atoms with E-state index < -0.39 is 0 Å². The topological polar surface area (TPSA) is 82.3 Å². The van der Waals surface area contributed by atoms with Crippen LogP contribution in [0.3, 0.4) is 0 Å². The van der Waals surface area contributed by atoms with Gasteiger partial charge in [-0.05, 0) is 36.4 Å². The highest BCUT2D eigenvalue weighted by Crippen LogP contribution is 2.11. The fourth-order valence-electron chi connectivity index (χ4n) is 1.36. The summed E-state index contributed by atoms with van der Waals surface area (Å²) in [5.41, 5.74) is 0.557. The Morgan fingerprint density at radius 1 is 1.35 bits per heavy atom. The van der Waals surface area contributed by atoms with Crippen LogP contribution < -0.4 is 10.1 Å². The number of ether oxygens (including phenoxy) is 1. The number of nitrogens with one attached hydrogen (secondary N) is 1. The second-order valence-electron chi connectivity index (χ2n) is 3.96. The molecule has 0 aliphatic rings. The van der Waals surface area contributed by atoms with Crippen molar-refractivity contribution in [2.24, 2.45) is 0 Å². The van der Waals surface area contributed by atoms with Crippen molar-refractivity contribution >= 4 is 17.7 Å². The van der Waals surface area contributed by atoms with Gasteiger partial charge in [0.05, 0.1) is 11.6 Å². The van der Waals surface area contributed by atoms with Crippen molar-refractivity contribution in [3.8, 4) is 11.8 Å². The molecule has 20 heavy (non-hydrogen) atoms. The van der Waals surface area contributed by atoms with Crippen molar-refractivity contribution in [1.82, 2.24) is 5.32 Å². The molecule has 0 aliphatic carbocycles. The zero-order chi connectivity index (χ0) is 14.6. The molecular formula is C14H18N2O3S. The van der Waals surface area contributed by atoms with Gasteiger partial charge in [-0.2, -0.15) is 17.0 Å². The molecule has 0 spiro atoms. The highest BCUT2D eigenvalue weighted by molar-refractivity contribution is 7.99. The van der Waals surface area contributed by atoms with Crippen LogP contribution >= 0.6 is 11.8 Å². The molecule has 0 heterocycles. The van der Waals surface area contributed by atoms with Crippen LogP contribution in [0, 0.1) is 11.3 Å². The second-order valence-corrected chi connectivity index (χ2v) is 5.19. The minimum atomic E-state index is -0.169. The number of benzene rings is 1. The van der Waals surface area contributed by atoms with E-state index in [0.29, 0.717) is 17.9 Å². The molecule has 0 saturated heterocycles. The normalized spacial score (nSPS) is 9.80. The zero-order valence-corrected chi connectivity index (χ0v) is 12.0. The van der Waals surface area contributed by atoms with Gasteiger partial charge >= 0.3 is 0 Å². The third-order valence-corrected chi connectivity index (χ3v) is 3.44. The number of aliphatic hydroxyl groups excluding tert-OH is 1. The molecule has 108 valence electrons. The lowest BCUT2D eigenvalue weighted by atomic mass is 10.2. The number of nitrogens with zero attached hydrogens (tertiary/aromatic N) is 1. The summed E-state index contributed by atoms with van der Waals surface area (Å²) in [5, 5.41) is 20.0. The van der Waals surface area contributed by atoms with E-state index in [4.69, 9.17) is 15.1 Å². The molecule has 2 N–H and O–H groups in total. The van der Waals surface area contributed by atoms with Crippen LogP contribution in [0.2, 0.25) is 0 Å². The van der Waals surface area contributed by atoms with Gasteiger partial charge < -0.3 is 15.2 Å². The standard InChI is InChI=1S/C14H18N2O3S/c15-10-12-2-4-13(5-3-12)19-11-14(18)16-6-9-20-8-1-7-17/h2-5,17H,1,6-9,11H2,(H,16,18). The average Bonchev–Trinajstić information content (AvgIpc) is 2.49. The Morgan fingerprint density at radius 2 is 2.10 bits per heavy atom. The van der Waals surface area contributed by atoms with E-state index in [0.717, 1.165) is 17.9 Å². The Bertz CT molecular complexity index is 443. The largest absolute Gasteiger partial charge is 0.484 e. The third-order valence-electron chi connectivity index (χ3n) is 2.37. The maximum absolute atomic E-state index is 11.5. The van der Waals surface area contributed by atoms with Gasteiger partial charge in [0.1, 0.15) is 5.75 Å². The Kier molecular flexibility index (Phi) is 8.27. The molecule has 0 unspecified atom stereocenters. The van der Waals surface area contributed by atoms with E-state index in [1.807, 2.05) is 6.07 Å². The molecule has 0 atom stereocenters. The van der Waals surface area contributed by atoms with Crippen LogP contribution in [0.15, 0.2) is 24.3 Å². The molecule has 0 saturated carbocycles. The predicted octanol–water partition coefficient (Wildman–Crippen LogP) is 1.17. The summed E-state index contributed by atoms with van der Waals surface area (Å²) in [6.45, 7) is 0.761. The Balaban J connectivity index is 2.11. The number of carbonyl (C=O) groups is 1. The molecule has 5 nitrogen and oxygen atoms in total. The number of carbonyl (C=O) groups excluding carboxylic acids is 1. The molecule has 0 radical (unpaired) electrons. The van der Waals surface area contributed by atoms with Gasteiger partial charge in [0, 0.05) is 18.9 Å². The molecular weight excluding hydrogens is 276 g/mol. The van der Waals surface area contributed by atoms with Crippen LogP contribution in [0.4, 0.5) is 0 Å². The molecule has 0 aromatic heterocycles. The maximum atomic E-state index is 11.5. The Hall–Kier alpha value is -1.71. The summed E-state index contributed by atoms with van der Waals surface area (Å²) in [5.74, 6) is 2.12. The van der Waals surface area contributed by atoms with Crippen molar-refractivity contribution in [1.29, 1.82) is 5.26 Å². The number of hydrogen-bond donors (Lipinski definition) is 2. The predicted molar refractivity (Wildman–Crippen MR) is 78.7 cm³/mol. The van der Waals surface area contributed by atoms with Crippen molar-refractivity contribution < 1.29 is 14.6 Å². The first-order valence-electron chi connectivity index (χ1n) is 6.34. The van der Waals surface area contributed by atoms with Gasteiger partial charge in [0.25, 0.3) is 5.91 Å². The van der Waals surface area contributed by atoms with E-state index in [2.05, 4.69) is 5.32 Å². The van der Waals surface area contributed by atoms with E-state index in [9.17, 15) is 4.79 Å². The van der Waals surface area contributed by atoms with Crippen molar-refractivity contribution in [3.05, 3.63) is 29.8 Å². The summed E-state index contributed by atoms with van der Waals surface area (Å²) in [4.78, 5) is 11.5. The number of amides is 1. The fourth-order valence-corrected chi connectivity index (χ4v) is 2.14. The van der Waals surface area contributed by atoms with Gasteiger partial charge in [0.2, 0.25) is 0 Å². The monoisotopic (exact) mass is 294 g/mol. The van der Waals surface area contributed by atoms with Crippen molar-refractivity contribution in [2.75, 3.05) is 31.3 Å². The Morgan fingerprint density at radius 3 is 2.75 bits per heavy atom. The maximum Gasteiger partial charge on any atom is 0.257 e. The second kappa shape index (κ2) is 10.1. The summed E-state index contributed by atoms with van der Waals surface area (Å²) in [7, 11) is 0. The first-order valence-corrected chi connectivity index (χ1v) is 7.50. The first kappa shape index (κ1) is 16.3. The van der Waals surface area contributed by atoms with Crippen molar-refractivity contribution in [3.63, 3.8) is 0 Å². The molecule has 6 heteroatoms. The lowest BCUT2D eigenvalue weighted by Crippen LogP contribution is -2.30. The number of thioether (sulfide) groups is 1. The first-order chi connectivity index (χ1) is 9.76. The zero-order valence-electron chi connectivity index (χ0n) is 11.2. The van der Waals surface area contributed by atoms with Crippen LogP contribution in [-0.2, 0) is 4.79 Å². The number of aliphatic hydroxyl groups is 1. The average molecular weight is 294 g/mol. The number of nitriles is 1. The van der Waals surface area contributed by atoms with Gasteiger partial charge in [0.15, 0.2) is 6.61 Å². The van der Waals surface area contributed by atoms with E-state index in [1.165, 1.54) is 0 Å². The van der Waals surface area contributed by atoms with Gasteiger partial charge in [-0.3, -0.25) is 4.79 Å². The summed E-state index contributed by atoms with van der Waals surface area (Å²) in [6.07, 6.45) is 0.778. The molecule has 1 amide bonds. The fraction of sp³-hybridized carbons (Fsp3) is 0.429. The van der Waals surface area contributed by atoms with Crippen LogP contribution in [0.5, 0.6) is 5.75 Å². The molecule has 0 fully saturated rings. The summed E-state index contributed by atoms with van der Waals surface area (Å²) >= 11 is 1.69. The SMILES string of the molecule is N#Cc1ccc(OCC(=O)NCCSCCCO)cc1. The molecule has 1 rings (SSSR count). The van der Waals surface area contributed by atoms with Crippen LogP contribution in [0.1, 0.15) is 12.0 Å². The summed E-state index contributed by atoms with van der Waals surface area (Å²) < 4.78 is 5.30. The minimum absolute atomic E-state index is 0.0345. The van der Waals surface area contributed by atoms with Crippen LogP contribution in [-0.4, -0.2) is 42.3 Å². The van der Waals surface area contributed by atoms with Gasteiger partial charge in [-0.1, -0.05) is 0 Å². The van der Waals surface area contributed by atoms with E-state index in [1.54, 1.807) is 36.0 Å². The van der Waals surface area contributed by atoms with Crippen LogP contribution in [0.25, 0.3) is 0 Å². The number of hydrogen-bond acceptors (Lipinski definition) is 5. The van der Waals surface area contributed by atoms with Crippen molar-refractivity contribution in [2.45, 2.75) is 6.42 Å². The van der Waals surface area contributed by atoms with E-state index in [-0.39, 0.29) is 19.1 Å². The minimum Gasteiger partial charge on any atom is -0.484 e. The molecule has 0 bridgehead atoms. The lowest BCUT2D eigenvalue weighted by molar-refractivity contribution is -0.122. The van der Waals surface area contributed by atoms with Gasteiger partial charge in [-0.25, -0.2) is 0 Å². The number of rotatable bonds is 9. The molecule has 1 aromatic carbocycles. The quantitative estimate of drug-likeness (QED) is 0.668. The smallest absolute Gasteiger partial charge is 0.257 e. The van der Waals surface area contributed by atoms with E-state index >= 15 is 0 Å². The Labute approximate surface area is 122 Å². The highest BCUT2D eigenvalue weighted by atomic mass is 32.2. The van der Waals surface area contributed by atoms with Gasteiger partial charge in [-0.15, -0.1) is 0 Å². The molecule has 1 aromatic rings. The lowest BCUT2D eigenvalue weighted by Gasteiger charge is -2.07. The summed E-state index contributed by atoms with van der Waals surface area (Å²) in [6, 6.07) is 8.63. The highest BCUT2D eigenvalue weighted by Gasteiger charge is 2.02. The third kappa shape index (κ3) is 7.02.